The summed E-state index contributed by atoms with van der Waals surface area (Å²) in [5.41, 5.74) is 3.44. The van der Waals surface area contributed by atoms with Crippen LogP contribution in [0.5, 0.6) is 0 Å². The Labute approximate surface area is 216 Å². The summed E-state index contributed by atoms with van der Waals surface area (Å²) in [5, 5.41) is 6.32. The number of amides is 1. The van der Waals surface area contributed by atoms with E-state index in [9.17, 15) is 9.59 Å². The molecule has 8 heteroatoms. The molecule has 1 amide bonds. The van der Waals surface area contributed by atoms with Crippen molar-refractivity contribution in [3.8, 4) is 0 Å². The number of benzene rings is 2. The van der Waals surface area contributed by atoms with Crippen molar-refractivity contribution in [2.24, 2.45) is 10.5 Å². The third-order valence-electron chi connectivity index (χ3n) is 7.79. The minimum atomic E-state index is -0.804. The van der Waals surface area contributed by atoms with E-state index in [1.54, 1.807) is 31.2 Å². The van der Waals surface area contributed by atoms with E-state index in [0.717, 1.165) is 30.2 Å². The lowest BCUT2D eigenvalue weighted by Crippen LogP contribution is -2.67. The molecule has 37 heavy (non-hydrogen) atoms. The molecule has 1 fully saturated rings. The van der Waals surface area contributed by atoms with Gasteiger partial charge in [0, 0.05) is 31.5 Å². The van der Waals surface area contributed by atoms with Crippen LogP contribution < -0.4 is 14.8 Å². The number of hydrazone groups is 1. The van der Waals surface area contributed by atoms with E-state index >= 15 is 0 Å². The molecule has 3 aliphatic heterocycles. The van der Waals surface area contributed by atoms with Gasteiger partial charge in [-0.3, -0.25) is 4.79 Å². The number of rotatable bonds is 4. The van der Waals surface area contributed by atoms with Crippen LogP contribution in [0.15, 0.2) is 78.0 Å². The van der Waals surface area contributed by atoms with Crippen LogP contribution in [0, 0.1) is 5.41 Å². The first-order chi connectivity index (χ1) is 18.0. The van der Waals surface area contributed by atoms with Crippen molar-refractivity contribution in [2.75, 3.05) is 41.0 Å². The maximum Gasteiger partial charge on any atom is 0.338 e. The molecule has 0 aliphatic carbocycles. The molecular formula is C29H29N5O3. The van der Waals surface area contributed by atoms with Crippen molar-refractivity contribution in [1.29, 1.82) is 0 Å². The fourth-order valence-electron chi connectivity index (χ4n) is 5.94. The lowest BCUT2D eigenvalue weighted by Gasteiger charge is -2.53. The average molecular weight is 496 g/mol. The highest BCUT2D eigenvalue weighted by Crippen LogP contribution is 2.48. The minimum Gasteiger partial charge on any atom is -0.462 e. The monoisotopic (exact) mass is 495 g/mol. The number of hydrogen-bond donors (Lipinski definition) is 0. The Bertz CT molecular complexity index is 1370. The molecule has 0 unspecified atom stereocenters. The Kier molecular flexibility index (Phi) is 5.67. The highest BCUT2D eigenvalue weighted by Gasteiger charge is 2.60. The van der Waals surface area contributed by atoms with Crippen LogP contribution in [0.2, 0.25) is 0 Å². The molecule has 1 aromatic heterocycles. The van der Waals surface area contributed by atoms with Gasteiger partial charge < -0.3 is 14.5 Å². The third-order valence-corrected chi connectivity index (χ3v) is 7.79. The second kappa shape index (κ2) is 9.03. The van der Waals surface area contributed by atoms with E-state index in [0.29, 0.717) is 30.8 Å². The van der Waals surface area contributed by atoms with Crippen LogP contribution in [-0.2, 0) is 16.0 Å². The molecule has 6 rings (SSSR count). The number of pyridine rings is 1. The summed E-state index contributed by atoms with van der Waals surface area (Å²) < 4.78 is 5.10. The van der Waals surface area contributed by atoms with Gasteiger partial charge in [-0.2, -0.15) is 10.1 Å². The summed E-state index contributed by atoms with van der Waals surface area (Å²) in [6, 6.07) is 21.1. The molecule has 1 saturated heterocycles. The molecule has 8 nitrogen and oxygen atoms in total. The van der Waals surface area contributed by atoms with Gasteiger partial charge in [-0.1, -0.05) is 24.3 Å². The molecule has 0 saturated carbocycles. The average Bonchev–Trinajstić information content (AvgIpc) is 3.19. The van der Waals surface area contributed by atoms with E-state index in [1.807, 2.05) is 37.4 Å². The quantitative estimate of drug-likeness (QED) is 0.511. The van der Waals surface area contributed by atoms with Crippen molar-refractivity contribution in [2.45, 2.75) is 26.3 Å². The molecule has 0 N–H and O–H groups in total. The van der Waals surface area contributed by atoms with Gasteiger partial charge in [0.05, 0.1) is 29.6 Å². The second-order valence-corrected chi connectivity index (χ2v) is 9.69. The molecule has 2 atom stereocenters. The lowest BCUT2D eigenvalue weighted by molar-refractivity contribution is -0.125. The van der Waals surface area contributed by atoms with E-state index in [4.69, 9.17) is 9.84 Å². The molecule has 1 spiro atoms. The number of carbonyl (C=O) groups is 2. The number of carbonyl (C=O) groups excluding carboxylic acids is 2. The minimum absolute atomic E-state index is 0.0405. The SMILES string of the molecule is CCOC(=O)c1ccc(N2N=C(C)[C@]3(Cc4ccccc4N4CCN(c5ccccn5)C[C@H]43)C2=O)cc1. The fourth-order valence-corrected chi connectivity index (χ4v) is 5.94. The van der Waals surface area contributed by atoms with Gasteiger partial charge in [0.1, 0.15) is 11.2 Å². The van der Waals surface area contributed by atoms with Crippen LogP contribution in [0.3, 0.4) is 0 Å². The zero-order chi connectivity index (χ0) is 25.6. The molecule has 3 aromatic rings. The lowest BCUT2D eigenvalue weighted by atomic mass is 9.67. The largest absolute Gasteiger partial charge is 0.462 e. The highest BCUT2D eigenvalue weighted by atomic mass is 16.5. The summed E-state index contributed by atoms with van der Waals surface area (Å²) in [7, 11) is 0. The van der Waals surface area contributed by atoms with Crippen LogP contribution in [-0.4, -0.2) is 54.9 Å². The van der Waals surface area contributed by atoms with E-state index in [1.165, 1.54) is 10.7 Å². The Morgan fingerprint density at radius 3 is 2.59 bits per heavy atom. The van der Waals surface area contributed by atoms with Gasteiger partial charge in [-0.05, 0) is 68.3 Å². The number of aromatic nitrogens is 1. The third kappa shape index (κ3) is 3.66. The summed E-state index contributed by atoms with van der Waals surface area (Å²) in [4.78, 5) is 35.7. The Morgan fingerprint density at radius 2 is 1.84 bits per heavy atom. The van der Waals surface area contributed by atoms with Crippen molar-refractivity contribution >= 4 is 34.8 Å². The first kappa shape index (κ1) is 23.2. The molecule has 0 bridgehead atoms. The summed E-state index contributed by atoms with van der Waals surface area (Å²) >= 11 is 0. The summed E-state index contributed by atoms with van der Waals surface area (Å²) in [6.07, 6.45) is 2.40. The number of ether oxygens (including phenoxy) is 1. The molecule has 4 heterocycles. The number of esters is 1. The van der Waals surface area contributed by atoms with Gasteiger partial charge in [0.15, 0.2) is 0 Å². The van der Waals surface area contributed by atoms with Crippen LogP contribution in [0.1, 0.15) is 29.8 Å². The van der Waals surface area contributed by atoms with Crippen LogP contribution in [0.25, 0.3) is 0 Å². The fraction of sp³-hybridized carbons (Fsp3) is 0.310. The predicted molar refractivity (Wildman–Crippen MR) is 143 cm³/mol. The first-order valence-corrected chi connectivity index (χ1v) is 12.7. The molecular weight excluding hydrogens is 466 g/mol. The van der Waals surface area contributed by atoms with Gasteiger partial charge in [-0.25, -0.2) is 9.78 Å². The first-order valence-electron chi connectivity index (χ1n) is 12.7. The number of fused-ring (bicyclic) bond motifs is 4. The zero-order valence-corrected chi connectivity index (χ0v) is 21.0. The van der Waals surface area contributed by atoms with E-state index in [2.05, 4.69) is 33.0 Å². The molecule has 3 aliphatic rings. The van der Waals surface area contributed by atoms with Crippen molar-refractivity contribution < 1.29 is 14.3 Å². The topological polar surface area (TPSA) is 78.3 Å². The molecule has 188 valence electrons. The van der Waals surface area contributed by atoms with E-state index < -0.39 is 5.41 Å². The van der Waals surface area contributed by atoms with Gasteiger partial charge >= 0.3 is 5.97 Å². The number of para-hydroxylation sites is 1. The van der Waals surface area contributed by atoms with Gasteiger partial charge in [0.2, 0.25) is 0 Å². The Morgan fingerprint density at radius 1 is 1.05 bits per heavy atom. The molecule has 2 aromatic carbocycles. The van der Waals surface area contributed by atoms with Crippen LogP contribution >= 0.6 is 0 Å². The standard InChI is InChI=1S/C29H29N5O3/c1-3-37-27(35)21-11-13-23(14-12-21)34-28(36)29(20(2)31-34)18-22-8-4-5-9-24(22)33-17-16-32(19-25(29)33)26-10-6-7-15-30-26/h4-15,25H,3,16-19H2,1-2H3/t25-,29-/m0/s1. The number of piperazine rings is 1. The van der Waals surface area contributed by atoms with Crippen molar-refractivity contribution in [1.82, 2.24) is 4.98 Å². The predicted octanol–water partition coefficient (Wildman–Crippen LogP) is 3.92. The summed E-state index contributed by atoms with van der Waals surface area (Å²) in [5.74, 6) is 0.498. The number of hydrogen-bond acceptors (Lipinski definition) is 7. The smallest absolute Gasteiger partial charge is 0.338 e. The molecule has 0 radical (unpaired) electrons. The number of anilines is 3. The highest BCUT2D eigenvalue weighted by molar-refractivity contribution is 6.20. The Balaban J connectivity index is 1.38. The summed E-state index contributed by atoms with van der Waals surface area (Å²) in [6.45, 7) is 6.33. The second-order valence-electron chi connectivity index (χ2n) is 9.69. The van der Waals surface area contributed by atoms with Crippen molar-refractivity contribution in [3.63, 3.8) is 0 Å². The van der Waals surface area contributed by atoms with Crippen LogP contribution in [0.4, 0.5) is 17.2 Å². The normalized spacial score (nSPS) is 22.5. The van der Waals surface area contributed by atoms with Gasteiger partial charge in [0.25, 0.3) is 5.91 Å². The van der Waals surface area contributed by atoms with Crippen molar-refractivity contribution in [3.05, 3.63) is 84.1 Å². The maximum atomic E-state index is 14.4. The van der Waals surface area contributed by atoms with E-state index in [-0.39, 0.29) is 17.9 Å². The maximum absolute atomic E-state index is 14.4. The number of nitrogens with zero attached hydrogens (tertiary/aromatic N) is 5. The van der Waals surface area contributed by atoms with Gasteiger partial charge in [-0.15, -0.1) is 0 Å². The zero-order valence-electron chi connectivity index (χ0n) is 21.0. The Hall–Kier alpha value is -4.20.